The van der Waals surface area contributed by atoms with Crippen LogP contribution in [0.1, 0.15) is 6.42 Å². The first kappa shape index (κ1) is 22.1. The molecular formula is C23H21F2N5O3. The van der Waals surface area contributed by atoms with Gasteiger partial charge in [-0.3, -0.25) is 9.78 Å². The van der Waals surface area contributed by atoms with E-state index in [0.717, 1.165) is 23.2 Å². The van der Waals surface area contributed by atoms with Gasteiger partial charge in [0.1, 0.15) is 11.5 Å². The second kappa shape index (κ2) is 10.0. The predicted molar refractivity (Wildman–Crippen MR) is 117 cm³/mol. The van der Waals surface area contributed by atoms with Crippen molar-refractivity contribution < 1.29 is 23.0 Å². The summed E-state index contributed by atoms with van der Waals surface area (Å²) in [6.45, 7) is 1.90. The van der Waals surface area contributed by atoms with Gasteiger partial charge in [-0.2, -0.15) is 8.78 Å². The molecule has 3 aromatic rings. The molecule has 1 aliphatic rings. The summed E-state index contributed by atoms with van der Waals surface area (Å²) < 4.78 is 34.6. The van der Waals surface area contributed by atoms with Crippen molar-refractivity contribution in [2.45, 2.75) is 19.1 Å². The molecule has 8 nitrogen and oxygen atoms in total. The number of likely N-dealkylation sites (tertiary alicyclic amines) is 1. The van der Waals surface area contributed by atoms with Gasteiger partial charge in [0.05, 0.1) is 5.69 Å². The zero-order valence-electron chi connectivity index (χ0n) is 17.5. The van der Waals surface area contributed by atoms with Crippen LogP contribution in [0.5, 0.6) is 17.5 Å². The van der Waals surface area contributed by atoms with Gasteiger partial charge in [-0.05, 0) is 30.7 Å². The van der Waals surface area contributed by atoms with Crippen LogP contribution in [-0.2, 0) is 4.79 Å². The van der Waals surface area contributed by atoms with Crippen LogP contribution in [0.3, 0.4) is 0 Å². The summed E-state index contributed by atoms with van der Waals surface area (Å²) in [4.78, 5) is 26.2. The Kier molecular flexibility index (Phi) is 6.72. The standard InChI is InChI=1S/C23H21F2N5O3/c1-2-21(31)30-7-6-17(14-30)29-18-8-15(10-26-13-18)16-11-27-23(28-12-16)33-20-5-3-4-19(9-20)32-22(24)25/h2-5,8-13,17,22,29H,1,6-7,14H2/t17-/m0/s1. The average molecular weight is 453 g/mol. The Balaban J connectivity index is 1.40. The third kappa shape index (κ3) is 5.79. The van der Waals surface area contributed by atoms with E-state index in [9.17, 15) is 13.6 Å². The minimum Gasteiger partial charge on any atom is -0.435 e. The molecule has 0 bridgehead atoms. The molecule has 1 aromatic carbocycles. The van der Waals surface area contributed by atoms with E-state index in [4.69, 9.17) is 4.74 Å². The number of carbonyl (C=O) groups is 1. The van der Waals surface area contributed by atoms with Gasteiger partial charge in [0.15, 0.2) is 0 Å². The number of hydrogen-bond acceptors (Lipinski definition) is 7. The summed E-state index contributed by atoms with van der Waals surface area (Å²) in [7, 11) is 0. The Morgan fingerprint density at radius 2 is 1.94 bits per heavy atom. The predicted octanol–water partition coefficient (Wildman–Crippen LogP) is 4.13. The van der Waals surface area contributed by atoms with E-state index < -0.39 is 6.61 Å². The van der Waals surface area contributed by atoms with Crippen molar-refractivity contribution in [3.8, 4) is 28.6 Å². The van der Waals surface area contributed by atoms with Gasteiger partial charge in [-0.15, -0.1) is 0 Å². The molecule has 1 N–H and O–H groups in total. The summed E-state index contributed by atoms with van der Waals surface area (Å²) in [5.41, 5.74) is 2.35. The first-order valence-electron chi connectivity index (χ1n) is 10.2. The molecule has 1 aliphatic heterocycles. The lowest BCUT2D eigenvalue weighted by Crippen LogP contribution is -2.30. The largest absolute Gasteiger partial charge is 0.435 e. The summed E-state index contributed by atoms with van der Waals surface area (Å²) >= 11 is 0. The molecule has 1 amide bonds. The van der Waals surface area contributed by atoms with Crippen molar-refractivity contribution in [2.24, 2.45) is 0 Å². The van der Waals surface area contributed by atoms with Crippen LogP contribution in [0.4, 0.5) is 14.5 Å². The fourth-order valence-electron chi connectivity index (χ4n) is 3.46. The van der Waals surface area contributed by atoms with E-state index in [-0.39, 0.29) is 29.5 Å². The van der Waals surface area contributed by atoms with Gasteiger partial charge in [-0.1, -0.05) is 12.6 Å². The molecule has 3 heterocycles. The average Bonchev–Trinajstić information content (AvgIpc) is 3.27. The van der Waals surface area contributed by atoms with E-state index in [0.29, 0.717) is 13.1 Å². The van der Waals surface area contributed by atoms with Crippen molar-refractivity contribution in [2.75, 3.05) is 18.4 Å². The highest BCUT2D eigenvalue weighted by atomic mass is 19.3. The molecule has 4 rings (SSSR count). The maximum Gasteiger partial charge on any atom is 0.387 e. The topological polar surface area (TPSA) is 89.5 Å². The molecule has 0 aliphatic carbocycles. The third-order valence-corrected chi connectivity index (χ3v) is 4.98. The Hall–Kier alpha value is -4.08. The zero-order chi connectivity index (χ0) is 23.2. The van der Waals surface area contributed by atoms with Crippen molar-refractivity contribution in [3.63, 3.8) is 0 Å². The molecule has 0 unspecified atom stereocenters. The van der Waals surface area contributed by atoms with E-state index in [1.165, 1.54) is 24.3 Å². The number of carbonyl (C=O) groups excluding carboxylic acids is 1. The highest BCUT2D eigenvalue weighted by molar-refractivity contribution is 5.87. The SMILES string of the molecule is C=CC(=O)N1CC[C@H](Nc2cncc(-c3cnc(Oc4cccc(OC(F)F)c4)nc3)c2)C1. The lowest BCUT2D eigenvalue weighted by molar-refractivity contribution is -0.125. The van der Waals surface area contributed by atoms with E-state index >= 15 is 0 Å². The van der Waals surface area contributed by atoms with E-state index in [2.05, 4.69) is 31.6 Å². The van der Waals surface area contributed by atoms with Crippen LogP contribution >= 0.6 is 0 Å². The highest BCUT2D eigenvalue weighted by Crippen LogP contribution is 2.26. The number of ether oxygens (including phenoxy) is 2. The Morgan fingerprint density at radius 1 is 1.15 bits per heavy atom. The van der Waals surface area contributed by atoms with Gasteiger partial charge >= 0.3 is 12.6 Å². The van der Waals surface area contributed by atoms with Crippen LogP contribution in [0.25, 0.3) is 11.1 Å². The molecule has 0 saturated carbocycles. The number of nitrogens with one attached hydrogen (secondary N) is 1. The van der Waals surface area contributed by atoms with Crippen LogP contribution in [0.2, 0.25) is 0 Å². The molecular weight excluding hydrogens is 432 g/mol. The lowest BCUT2D eigenvalue weighted by atomic mass is 10.1. The number of rotatable bonds is 8. The molecule has 170 valence electrons. The monoisotopic (exact) mass is 453 g/mol. The second-order valence-electron chi connectivity index (χ2n) is 7.29. The summed E-state index contributed by atoms with van der Waals surface area (Å²) in [6, 6.07) is 7.96. The van der Waals surface area contributed by atoms with Crippen LogP contribution in [0, 0.1) is 0 Å². The first-order chi connectivity index (χ1) is 16.0. The van der Waals surface area contributed by atoms with Crippen molar-refractivity contribution in [1.29, 1.82) is 0 Å². The van der Waals surface area contributed by atoms with Crippen LogP contribution < -0.4 is 14.8 Å². The summed E-state index contributed by atoms with van der Waals surface area (Å²) in [5, 5.41) is 3.40. The third-order valence-electron chi connectivity index (χ3n) is 4.98. The number of nitrogens with zero attached hydrogens (tertiary/aromatic N) is 4. The Morgan fingerprint density at radius 3 is 2.70 bits per heavy atom. The fraction of sp³-hybridized carbons (Fsp3) is 0.217. The number of hydrogen-bond donors (Lipinski definition) is 1. The second-order valence-corrected chi connectivity index (χ2v) is 7.29. The number of halogens is 2. The zero-order valence-corrected chi connectivity index (χ0v) is 17.5. The van der Waals surface area contributed by atoms with Crippen LogP contribution in [0.15, 0.2) is 67.8 Å². The van der Waals surface area contributed by atoms with Gasteiger partial charge < -0.3 is 19.7 Å². The van der Waals surface area contributed by atoms with E-state index in [1.54, 1.807) is 35.8 Å². The van der Waals surface area contributed by atoms with Gasteiger partial charge in [0, 0.05) is 61.1 Å². The van der Waals surface area contributed by atoms with Crippen molar-refractivity contribution in [3.05, 3.63) is 67.8 Å². The molecule has 10 heteroatoms. The number of aromatic nitrogens is 3. The maximum absolute atomic E-state index is 12.4. The number of pyridine rings is 1. The summed E-state index contributed by atoms with van der Waals surface area (Å²) in [6.07, 6.45) is 8.74. The minimum absolute atomic E-state index is 0.0197. The molecule has 1 saturated heterocycles. The lowest BCUT2D eigenvalue weighted by Gasteiger charge is -2.16. The van der Waals surface area contributed by atoms with Gasteiger partial charge in [0.25, 0.3) is 0 Å². The number of amides is 1. The molecule has 1 fully saturated rings. The minimum atomic E-state index is -2.92. The van der Waals surface area contributed by atoms with E-state index in [1.807, 2.05) is 6.07 Å². The quantitative estimate of drug-likeness (QED) is 0.513. The number of benzene rings is 1. The summed E-state index contributed by atoms with van der Waals surface area (Å²) in [5.74, 6) is 0.182. The van der Waals surface area contributed by atoms with Crippen molar-refractivity contribution in [1.82, 2.24) is 19.9 Å². The number of anilines is 1. The molecule has 33 heavy (non-hydrogen) atoms. The highest BCUT2D eigenvalue weighted by Gasteiger charge is 2.24. The molecule has 0 radical (unpaired) electrons. The Bertz CT molecular complexity index is 1130. The normalized spacial score (nSPS) is 15.4. The smallest absolute Gasteiger partial charge is 0.387 e. The molecule has 2 aromatic heterocycles. The number of alkyl halides is 2. The first-order valence-corrected chi connectivity index (χ1v) is 10.2. The Labute approximate surface area is 188 Å². The van der Waals surface area contributed by atoms with Crippen LogP contribution in [-0.4, -0.2) is 51.5 Å². The van der Waals surface area contributed by atoms with Crippen molar-refractivity contribution >= 4 is 11.6 Å². The van der Waals surface area contributed by atoms with Gasteiger partial charge in [-0.25, -0.2) is 9.97 Å². The maximum atomic E-state index is 12.4. The fourth-order valence-corrected chi connectivity index (χ4v) is 3.46. The molecule has 1 atom stereocenters. The van der Waals surface area contributed by atoms with Gasteiger partial charge in [0.2, 0.25) is 5.91 Å². The molecule has 0 spiro atoms.